The van der Waals surface area contributed by atoms with Gasteiger partial charge in [-0.15, -0.1) is 0 Å². The molecule has 2 atom stereocenters. The van der Waals surface area contributed by atoms with Crippen molar-refractivity contribution in [3.63, 3.8) is 0 Å². The normalized spacial score (nSPS) is 17.0. The average Bonchev–Trinajstić information content (AvgIpc) is 3.00. The van der Waals surface area contributed by atoms with Crippen LogP contribution < -0.4 is 10.6 Å². The molecule has 0 aliphatic carbocycles. The van der Waals surface area contributed by atoms with Gasteiger partial charge in [-0.25, -0.2) is 33.5 Å². The number of fused-ring (bicyclic) bond motifs is 1. The summed E-state index contributed by atoms with van der Waals surface area (Å²) in [4.78, 5) is 53.0. The van der Waals surface area contributed by atoms with E-state index in [1.54, 1.807) is 29.2 Å². The van der Waals surface area contributed by atoms with Crippen molar-refractivity contribution in [2.45, 2.75) is 98.4 Å². The van der Waals surface area contributed by atoms with Gasteiger partial charge in [0, 0.05) is 30.7 Å². The Labute approximate surface area is 298 Å². The predicted octanol–water partition coefficient (Wildman–Crippen LogP) is 7.17. The maximum absolute atomic E-state index is 15.3. The highest BCUT2D eigenvalue weighted by atomic mass is 35.5. The van der Waals surface area contributed by atoms with Crippen LogP contribution in [0.4, 0.5) is 15.0 Å². The van der Waals surface area contributed by atoms with Gasteiger partial charge in [0.05, 0.1) is 39.7 Å². The Kier molecular flexibility index (Phi) is 10.6. The maximum Gasteiger partial charge on any atom is 0.410 e. The number of aromatic nitrogens is 5. The van der Waals surface area contributed by atoms with E-state index < -0.39 is 23.2 Å². The predicted molar refractivity (Wildman–Crippen MR) is 196 cm³/mol. The Balaban J connectivity index is 1.80. The minimum absolute atomic E-state index is 0.0896. The van der Waals surface area contributed by atoms with Crippen LogP contribution in [-0.2, 0) is 11.3 Å². The molecule has 1 saturated heterocycles. The molecule has 0 saturated carbocycles. The van der Waals surface area contributed by atoms with Crippen molar-refractivity contribution >= 4 is 34.5 Å². The molecule has 4 heterocycles. The third-order valence-corrected chi connectivity index (χ3v) is 8.86. The van der Waals surface area contributed by atoms with E-state index in [2.05, 4.69) is 0 Å². The van der Waals surface area contributed by atoms with Gasteiger partial charge in [0.1, 0.15) is 23.1 Å². The topological polar surface area (TPSA) is 110 Å². The fourth-order valence-electron chi connectivity index (χ4n) is 6.29. The minimum Gasteiger partial charge on any atom is -0.444 e. The zero-order valence-electron chi connectivity index (χ0n) is 30.9. The average molecular weight is 707 g/mol. The van der Waals surface area contributed by atoms with Crippen molar-refractivity contribution in [1.29, 1.82) is 0 Å². The molecule has 3 aromatic heterocycles. The molecule has 4 aromatic rings. The highest BCUT2D eigenvalue weighted by molar-refractivity contribution is 6.33. The fourth-order valence-corrected chi connectivity index (χ4v) is 6.55. The quantitative estimate of drug-likeness (QED) is 0.198. The number of carbonyl (C=O) groups is 1. The van der Waals surface area contributed by atoms with Crippen LogP contribution in [0, 0.1) is 5.82 Å². The zero-order valence-corrected chi connectivity index (χ0v) is 31.6. The van der Waals surface area contributed by atoms with E-state index in [1.807, 2.05) is 86.2 Å². The van der Waals surface area contributed by atoms with Gasteiger partial charge in [-0.3, -0.25) is 0 Å². The summed E-state index contributed by atoms with van der Waals surface area (Å²) in [6, 6.07) is 7.46. The van der Waals surface area contributed by atoms with E-state index in [0.717, 1.165) is 0 Å². The highest BCUT2D eigenvalue weighted by Gasteiger charge is 2.37. The van der Waals surface area contributed by atoms with Crippen LogP contribution >= 0.6 is 11.6 Å². The van der Waals surface area contributed by atoms with E-state index in [-0.39, 0.29) is 45.8 Å². The molecule has 13 heteroatoms. The molecule has 11 nitrogen and oxygen atoms in total. The van der Waals surface area contributed by atoms with E-state index in [9.17, 15) is 9.59 Å². The number of ether oxygens (including phenoxy) is 1. The molecule has 0 spiro atoms. The van der Waals surface area contributed by atoms with Gasteiger partial charge in [0.15, 0.2) is 5.65 Å². The van der Waals surface area contributed by atoms with Crippen LogP contribution in [0.15, 0.2) is 35.1 Å². The summed E-state index contributed by atoms with van der Waals surface area (Å²) in [5.41, 5.74) is 1.30. The number of anilines is 1. The van der Waals surface area contributed by atoms with Crippen molar-refractivity contribution in [1.82, 2.24) is 34.3 Å². The molecule has 268 valence electrons. The van der Waals surface area contributed by atoms with E-state index in [1.165, 1.54) is 10.6 Å². The molecule has 0 bridgehead atoms. The molecule has 1 amide bonds. The fraction of sp³-hybridized carbons (Fsp3) is 0.514. The number of rotatable bonds is 7. The SMILES string of the molecule is CC(C)c1nc(CN(C)C)nc(C(C)C)c1-n1c(=O)nc(N2C[C@@H](C)N(C(=O)OC(C)(C)C)C[C@@H]2C)c2cc(Cl)c(-c3ccccc3F)nc21. The summed E-state index contributed by atoms with van der Waals surface area (Å²) in [6.45, 7) is 18.7. The molecule has 0 unspecified atom stereocenters. The summed E-state index contributed by atoms with van der Waals surface area (Å²) < 4.78 is 22.4. The summed E-state index contributed by atoms with van der Waals surface area (Å²) in [5, 5.41) is 0.705. The number of benzene rings is 1. The third-order valence-electron chi connectivity index (χ3n) is 8.58. The molecule has 50 heavy (non-hydrogen) atoms. The lowest BCUT2D eigenvalue weighted by molar-refractivity contribution is 0.0130. The number of halogens is 2. The van der Waals surface area contributed by atoms with Gasteiger partial charge in [0.25, 0.3) is 0 Å². The van der Waals surface area contributed by atoms with Crippen LogP contribution in [0.3, 0.4) is 0 Å². The Morgan fingerprint density at radius 2 is 1.62 bits per heavy atom. The second-order valence-electron chi connectivity index (χ2n) is 15.0. The van der Waals surface area contributed by atoms with Crippen molar-refractivity contribution < 1.29 is 13.9 Å². The van der Waals surface area contributed by atoms with Crippen LogP contribution in [0.2, 0.25) is 5.02 Å². The first kappa shape index (κ1) is 37.1. The number of pyridine rings is 1. The third kappa shape index (κ3) is 7.46. The molecule has 1 fully saturated rings. The number of hydrogen-bond acceptors (Lipinski definition) is 9. The largest absolute Gasteiger partial charge is 0.444 e. The lowest BCUT2D eigenvalue weighted by Crippen LogP contribution is -2.59. The number of nitrogens with zero attached hydrogens (tertiary/aromatic N) is 8. The number of carbonyl (C=O) groups excluding carboxylic acids is 1. The highest BCUT2D eigenvalue weighted by Crippen LogP contribution is 2.37. The smallest absolute Gasteiger partial charge is 0.410 e. The van der Waals surface area contributed by atoms with Gasteiger partial charge in [0.2, 0.25) is 0 Å². The summed E-state index contributed by atoms with van der Waals surface area (Å²) in [5.74, 6) is 0.344. The first-order valence-electron chi connectivity index (χ1n) is 17.1. The Hall–Kier alpha value is -4.16. The van der Waals surface area contributed by atoms with Crippen molar-refractivity contribution in [2.24, 2.45) is 0 Å². The summed E-state index contributed by atoms with van der Waals surface area (Å²) in [6.07, 6.45) is -0.399. The molecule has 1 aromatic carbocycles. The first-order valence-corrected chi connectivity index (χ1v) is 17.5. The standard InChI is InChI=1S/C37H48ClFN8O3/c1-20(2)29-32(30(21(3)4)41-28(40-29)19-44(10)11)47-34-25(16-26(38)31(42-34)24-14-12-13-15-27(24)39)33(43-35(47)48)45-17-23(6)46(18-22(45)5)36(49)50-37(7,8)9/h12-16,20-23H,17-19H2,1-11H3/t22-,23+/m0/s1. The number of amides is 1. The van der Waals surface area contributed by atoms with Crippen molar-refractivity contribution in [2.75, 3.05) is 32.1 Å². The van der Waals surface area contributed by atoms with Crippen LogP contribution in [0.25, 0.3) is 28.0 Å². The minimum atomic E-state index is -0.643. The van der Waals surface area contributed by atoms with Gasteiger partial charge in [-0.1, -0.05) is 51.4 Å². The van der Waals surface area contributed by atoms with Gasteiger partial charge < -0.3 is 19.4 Å². The molecular weight excluding hydrogens is 659 g/mol. The molecule has 1 aliphatic heterocycles. The monoisotopic (exact) mass is 706 g/mol. The van der Waals surface area contributed by atoms with E-state index in [4.69, 9.17) is 36.3 Å². The second-order valence-corrected chi connectivity index (χ2v) is 15.4. The Morgan fingerprint density at radius 3 is 2.18 bits per heavy atom. The van der Waals surface area contributed by atoms with E-state index in [0.29, 0.717) is 53.7 Å². The maximum atomic E-state index is 15.3. The Bertz CT molecular complexity index is 1940. The van der Waals surface area contributed by atoms with Gasteiger partial charge in [-0.05, 0) is 78.7 Å². The molecular formula is C37H48ClFN8O3. The van der Waals surface area contributed by atoms with Crippen LogP contribution in [-0.4, -0.2) is 85.3 Å². The second kappa shape index (κ2) is 14.2. The summed E-state index contributed by atoms with van der Waals surface area (Å²) in [7, 11) is 3.91. The summed E-state index contributed by atoms with van der Waals surface area (Å²) >= 11 is 6.92. The van der Waals surface area contributed by atoms with Gasteiger partial charge >= 0.3 is 11.8 Å². The zero-order chi connectivity index (χ0) is 36.8. The van der Waals surface area contributed by atoms with Crippen LogP contribution in [0.5, 0.6) is 0 Å². The molecule has 5 rings (SSSR count). The van der Waals surface area contributed by atoms with Crippen molar-refractivity contribution in [3.8, 4) is 16.9 Å². The molecule has 0 N–H and O–H groups in total. The van der Waals surface area contributed by atoms with Crippen LogP contribution in [0.1, 0.15) is 91.4 Å². The number of piperazine rings is 1. The lowest BCUT2D eigenvalue weighted by atomic mass is 10.0. The lowest BCUT2D eigenvalue weighted by Gasteiger charge is -2.44. The van der Waals surface area contributed by atoms with Gasteiger partial charge in [-0.2, -0.15) is 4.98 Å². The first-order chi connectivity index (χ1) is 23.4. The molecule has 0 radical (unpaired) electrons. The number of hydrogen-bond donors (Lipinski definition) is 0. The molecule has 1 aliphatic rings. The Morgan fingerprint density at radius 1 is 1.00 bits per heavy atom. The van der Waals surface area contributed by atoms with E-state index >= 15 is 4.39 Å². The van der Waals surface area contributed by atoms with Crippen molar-refractivity contribution in [3.05, 3.63) is 68.9 Å².